The second-order valence-corrected chi connectivity index (χ2v) is 5.20. The molecule has 4 heteroatoms. The molecule has 4 rings (SSSR count). The Balaban J connectivity index is 1.70. The number of nitrogens with one attached hydrogen (secondary N) is 1. The molecule has 2 aromatic rings. The molecule has 1 aromatic heterocycles. The maximum atomic E-state index is 5.58. The van der Waals surface area contributed by atoms with E-state index >= 15 is 0 Å². The van der Waals surface area contributed by atoms with Crippen molar-refractivity contribution in [3.63, 3.8) is 0 Å². The van der Waals surface area contributed by atoms with Crippen molar-refractivity contribution in [3.05, 3.63) is 18.0 Å². The molecule has 1 fully saturated rings. The Morgan fingerprint density at radius 3 is 2.67 bits per heavy atom. The van der Waals surface area contributed by atoms with Crippen molar-refractivity contribution in [1.82, 2.24) is 9.97 Å². The maximum absolute atomic E-state index is 5.58. The third kappa shape index (κ3) is 1.64. The molecule has 0 bridgehead atoms. The van der Waals surface area contributed by atoms with Gasteiger partial charge in [0.15, 0.2) is 11.5 Å². The van der Waals surface area contributed by atoms with E-state index in [1.807, 2.05) is 12.1 Å². The van der Waals surface area contributed by atoms with Crippen LogP contribution in [0.4, 0.5) is 0 Å². The fourth-order valence-corrected chi connectivity index (χ4v) is 2.67. The van der Waals surface area contributed by atoms with Crippen LogP contribution in [0.15, 0.2) is 12.1 Å². The van der Waals surface area contributed by atoms with E-state index in [0.717, 1.165) is 40.7 Å². The van der Waals surface area contributed by atoms with Gasteiger partial charge in [-0.15, -0.1) is 0 Å². The molecule has 2 aliphatic rings. The van der Waals surface area contributed by atoms with Gasteiger partial charge in [0.05, 0.1) is 11.0 Å². The van der Waals surface area contributed by atoms with Crippen molar-refractivity contribution in [1.29, 1.82) is 0 Å². The van der Waals surface area contributed by atoms with Crippen LogP contribution in [0.1, 0.15) is 25.1 Å². The van der Waals surface area contributed by atoms with Crippen molar-refractivity contribution in [2.75, 3.05) is 13.2 Å². The molecular weight excluding hydrogens is 228 g/mol. The lowest BCUT2D eigenvalue weighted by atomic mass is 9.83. The molecule has 0 spiro atoms. The number of imidazole rings is 1. The zero-order chi connectivity index (χ0) is 11.9. The summed E-state index contributed by atoms with van der Waals surface area (Å²) in [6.45, 7) is 1.25. The van der Waals surface area contributed by atoms with Gasteiger partial charge in [0, 0.05) is 18.6 Å². The van der Waals surface area contributed by atoms with E-state index in [1.165, 1.54) is 19.3 Å². The van der Waals surface area contributed by atoms with Gasteiger partial charge in [-0.25, -0.2) is 4.98 Å². The zero-order valence-electron chi connectivity index (χ0n) is 10.2. The molecule has 0 atom stereocenters. The van der Waals surface area contributed by atoms with Crippen LogP contribution in [0.2, 0.25) is 0 Å². The maximum Gasteiger partial charge on any atom is 0.163 e. The second-order valence-electron chi connectivity index (χ2n) is 5.20. The number of benzene rings is 1. The summed E-state index contributed by atoms with van der Waals surface area (Å²) in [6.07, 6.45) is 5.14. The van der Waals surface area contributed by atoms with Crippen LogP contribution in [0, 0.1) is 5.92 Å². The molecule has 1 aromatic carbocycles. The quantitative estimate of drug-likeness (QED) is 0.883. The van der Waals surface area contributed by atoms with Crippen molar-refractivity contribution < 1.29 is 9.47 Å². The second kappa shape index (κ2) is 3.90. The Hall–Kier alpha value is -1.71. The molecule has 0 radical (unpaired) electrons. The van der Waals surface area contributed by atoms with Crippen LogP contribution in [0.5, 0.6) is 11.5 Å². The first-order chi connectivity index (χ1) is 8.88. The topological polar surface area (TPSA) is 47.1 Å². The molecule has 1 aliphatic heterocycles. The summed E-state index contributed by atoms with van der Waals surface area (Å²) < 4.78 is 11.2. The van der Waals surface area contributed by atoms with E-state index in [-0.39, 0.29) is 0 Å². The number of nitrogens with zero attached hydrogens (tertiary/aromatic N) is 1. The number of H-pyrrole nitrogens is 1. The normalized spacial score (nSPS) is 18.9. The number of aromatic nitrogens is 2. The van der Waals surface area contributed by atoms with E-state index < -0.39 is 0 Å². The zero-order valence-corrected chi connectivity index (χ0v) is 10.2. The fourth-order valence-electron chi connectivity index (χ4n) is 2.67. The van der Waals surface area contributed by atoms with E-state index in [4.69, 9.17) is 9.47 Å². The van der Waals surface area contributed by atoms with Crippen LogP contribution in [0.3, 0.4) is 0 Å². The lowest BCUT2D eigenvalue weighted by Crippen LogP contribution is -2.15. The molecule has 18 heavy (non-hydrogen) atoms. The monoisotopic (exact) mass is 244 g/mol. The van der Waals surface area contributed by atoms with E-state index in [9.17, 15) is 0 Å². The Kier molecular flexibility index (Phi) is 2.22. The van der Waals surface area contributed by atoms with Crippen LogP contribution >= 0.6 is 0 Å². The lowest BCUT2D eigenvalue weighted by Gasteiger charge is -2.23. The van der Waals surface area contributed by atoms with Gasteiger partial charge in [0.25, 0.3) is 0 Å². The molecule has 1 aliphatic carbocycles. The van der Waals surface area contributed by atoms with Gasteiger partial charge in [0.1, 0.15) is 19.0 Å². The molecule has 0 saturated heterocycles. The Morgan fingerprint density at radius 1 is 1.17 bits per heavy atom. The molecule has 4 nitrogen and oxygen atoms in total. The number of rotatable bonds is 2. The van der Waals surface area contributed by atoms with E-state index in [0.29, 0.717) is 13.2 Å². The summed E-state index contributed by atoms with van der Waals surface area (Å²) >= 11 is 0. The molecular formula is C14H16N2O2. The average Bonchev–Trinajstić information content (AvgIpc) is 2.72. The molecule has 2 heterocycles. The SMILES string of the molecule is c1c2c(cc3[nH]c(CC4CCC4)nc13)OCCO2. The predicted octanol–water partition coefficient (Wildman–Crippen LogP) is 2.68. The van der Waals surface area contributed by atoms with Gasteiger partial charge >= 0.3 is 0 Å². The number of ether oxygens (including phenoxy) is 2. The molecule has 1 saturated carbocycles. The number of hydrogen-bond acceptors (Lipinski definition) is 3. The number of aromatic amines is 1. The molecule has 0 amide bonds. The summed E-state index contributed by atoms with van der Waals surface area (Å²) in [4.78, 5) is 8.05. The highest BCUT2D eigenvalue weighted by Crippen LogP contribution is 2.34. The largest absolute Gasteiger partial charge is 0.486 e. The summed E-state index contributed by atoms with van der Waals surface area (Å²) in [5.41, 5.74) is 2.03. The van der Waals surface area contributed by atoms with Crippen LogP contribution in [-0.2, 0) is 6.42 Å². The van der Waals surface area contributed by atoms with Crippen molar-refractivity contribution in [3.8, 4) is 11.5 Å². The smallest absolute Gasteiger partial charge is 0.163 e. The van der Waals surface area contributed by atoms with Crippen molar-refractivity contribution in [2.24, 2.45) is 5.92 Å². The Bertz CT molecular complexity index is 544. The van der Waals surface area contributed by atoms with Gasteiger partial charge in [-0.2, -0.15) is 0 Å². The van der Waals surface area contributed by atoms with Crippen LogP contribution in [0.25, 0.3) is 11.0 Å². The number of fused-ring (bicyclic) bond motifs is 2. The Labute approximate surface area is 105 Å². The Morgan fingerprint density at radius 2 is 1.94 bits per heavy atom. The first kappa shape index (κ1) is 10.2. The summed E-state index contributed by atoms with van der Waals surface area (Å²) in [5, 5.41) is 0. The van der Waals surface area contributed by atoms with Gasteiger partial charge in [0.2, 0.25) is 0 Å². The van der Waals surface area contributed by atoms with Crippen LogP contribution < -0.4 is 9.47 Å². The highest BCUT2D eigenvalue weighted by atomic mass is 16.6. The molecule has 94 valence electrons. The standard InChI is InChI=1S/C14H16N2O2/c1-2-9(3-1)6-14-15-10-7-12-13(8-11(10)16-14)18-5-4-17-12/h7-9H,1-6H2,(H,15,16). The highest BCUT2D eigenvalue weighted by molar-refractivity contribution is 5.79. The molecule has 0 unspecified atom stereocenters. The van der Waals surface area contributed by atoms with Gasteiger partial charge < -0.3 is 14.5 Å². The van der Waals surface area contributed by atoms with Crippen molar-refractivity contribution >= 4 is 11.0 Å². The summed E-state index contributed by atoms with van der Waals surface area (Å²) in [5.74, 6) is 3.56. The van der Waals surface area contributed by atoms with Gasteiger partial charge in [-0.1, -0.05) is 19.3 Å². The van der Waals surface area contributed by atoms with Crippen LogP contribution in [-0.4, -0.2) is 23.2 Å². The minimum Gasteiger partial charge on any atom is -0.486 e. The minimum absolute atomic E-state index is 0.623. The van der Waals surface area contributed by atoms with E-state index in [1.54, 1.807) is 0 Å². The summed E-state index contributed by atoms with van der Waals surface area (Å²) in [7, 11) is 0. The first-order valence-corrected chi connectivity index (χ1v) is 6.67. The fraction of sp³-hybridized carbons (Fsp3) is 0.500. The predicted molar refractivity (Wildman–Crippen MR) is 68.1 cm³/mol. The third-order valence-electron chi connectivity index (χ3n) is 3.90. The van der Waals surface area contributed by atoms with Gasteiger partial charge in [-0.3, -0.25) is 0 Å². The van der Waals surface area contributed by atoms with Crippen molar-refractivity contribution in [2.45, 2.75) is 25.7 Å². The third-order valence-corrected chi connectivity index (χ3v) is 3.90. The first-order valence-electron chi connectivity index (χ1n) is 6.67. The number of hydrogen-bond donors (Lipinski definition) is 1. The summed E-state index contributed by atoms with van der Waals surface area (Å²) in [6, 6.07) is 3.98. The van der Waals surface area contributed by atoms with Gasteiger partial charge in [-0.05, 0) is 5.92 Å². The average molecular weight is 244 g/mol. The highest BCUT2D eigenvalue weighted by Gasteiger charge is 2.20. The van der Waals surface area contributed by atoms with E-state index in [2.05, 4.69) is 9.97 Å². The lowest BCUT2D eigenvalue weighted by molar-refractivity contribution is 0.172. The molecule has 1 N–H and O–H groups in total. The minimum atomic E-state index is 0.623.